The van der Waals surface area contributed by atoms with E-state index in [0.717, 1.165) is 11.4 Å². The maximum atomic E-state index is 12.3. The van der Waals surface area contributed by atoms with E-state index in [1.54, 1.807) is 6.33 Å². The predicted octanol–water partition coefficient (Wildman–Crippen LogP) is 0.544. The first-order valence-corrected chi connectivity index (χ1v) is 6.95. The molecule has 1 aromatic carbocycles. The normalized spacial score (nSPS) is 11.9. The van der Waals surface area contributed by atoms with Gasteiger partial charge in [0.25, 0.3) is 0 Å². The summed E-state index contributed by atoms with van der Waals surface area (Å²) >= 11 is 5.02. The number of thiocarbonyl (C=S) groups is 1. The van der Waals surface area contributed by atoms with Crippen LogP contribution in [-0.2, 0) is 18.3 Å². The second-order valence-corrected chi connectivity index (χ2v) is 5.12. The van der Waals surface area contributed by atoms with Crippen LogP contribution in [0.15, 0.2) is 36.7 Å². The second-order valence-electron chi connectivity index (χ2n) is 4.65. The molecule has 21 heavy (non-hydrogen) atoms. The Kier molecular flexibility index (Phi) is 4.99. The second kappa shape index (κ2) is 6.94. The summed E-state index contributed by atoms with van der Waals surface area (Å²) < 4.78 is 1.81. The van der Waals surface area contributed by atoms with Crippen LogP contribution in [0.25, 0.3) is 0 Å². The highest BCUT2D eigenvalue weighted by molar-refractivity contribution is 7.80. The van der Waals surface area contributed by atoms with Gasteiger partial charge in [-0.2, -0.15) is 0 Å². The molecular weight excluding hydrogens is 286 g/mol. The Labute approximate surface area is 128 Å². The van der Waals surface area contributed by atoms with Gasteiger partial charge in [0.2, 0.25) is 5.91 Å². The fourth-order valence-corrected chi connectivity index (χ4v) is 2.27. The Morgan fingerprint density at radius 1 is 1.43 bits per heavy atom. The van der Waals surface area contributed by atoms with Gasteiger partial charge >= 0.3 is 0 Å². The molecule has 0 aliphatic heterocycles. The zero-order valence-electron chi connectivity index (χ0n) is 11.7. The molecule has 1 aromatic heterocycles. The van der Waals surface area contributed by atoms with Crippen LogP contribution >= 0.6 is 12.2 Å². The molecule has 2 aromatic rings. The van der Waals surface area contributed by atoms with Crippen molar-refractivity contribution in [3.63, 3.8) is 0 Å². The van der Waals surface area contributed by atoms with Gasteiger partial charge in [0, 0.05) is 20.0 Å². The number of hydrogen-bond acceptors (Lipinski definition) is 4. The summed E-state index contributed by atoms with van der Waals surface area (Å²) in [5, 5.41) is 10.6. The average Bonchev–Trinajstić information content (AvgIpc) is 2.85. The number of amides is 1. The van der Waals surface area contributed by atoms with E-state index in [2.05, 4.69) is 15.5 Å². The summed E-state index contributed by atoms with van der Waals surface area (Å²) in [5.74, 6) is -0.00143. The van der Waals surface area contributed by atoms with Crippen LogP contribution in [0.2, 0.25) is 0 Å². The van der Waals surface area contributed by atoms with E-state index in [1.165, 1.54) is 0 Å². The molecule has 2 rings (SSSR count). The number of aromatic nitrogens is 3. The highest BCUT2D eigenvalue weighted by Gasteiger charge is 2.22. The minimum Gasteiger partial charge on any atom is -0.392 e. The Balaban J connectivity index is 1.97. The van der Waals surface area contributed by atoms with Gasteiger partial charge in [0.05, 0.1) is 4.99 Å². The molecule has 0 spiro atoms. The van der Waals surface area contributed by atoms with E-state index < -0.39 is 5.92 Å². The molecule has 7 heteroatoms. The highest BCUT2D eigenvalue weighted by atomic mass is 32.1. The Hall–Kier alpha value is -2.28. The van der Waals surface area contributed by atoms with Gasteiger partial charge in [0.1, 0.15) is 18.1 Å². The molecule has 0 bridgehead atoms. The van der Waals surface area contributed by atoms with E-state index >= 15 is 0 Å². The largest absolute Gasteiger partial charge is 0.392 e. The SMILES string of the molecule is Cn1cnnc1CCNC(=O)C(C(N)=S)c1ccccc1. The van der Waals surface area contributed by atoms with Crippen molar-refractivity contribution in [3.8, 4) is 0 Å². The molecule has 1 atom stereocenters. The van der Waals surface area contributed by atoms with E-state index in [0.29, 0.717) is 13.0 Å². The summed E-state index contributed by atoms with van der Waals surface area (Å²) in [6, 6.07) is 9.27. The predicted molar refractivity (Wildman–Crippen MR) is 83.7 cm³/mol. The molecule has 3 N–H and O–H groups in total. The quantitative estimate of drug-likeness (QED) is 0.761. The molecule has 1 amide bonds. The van der Waals surface area contributed by atoms with Crippen molar-refractivity contribution in [1.29, 1.82) is 0 Å². The first-order chi connectivity index (χ1) is 10.1. The fourth-order valence-electron chi connectivity index (χ4n) is 2.02. The smallest absolute Gasteiger partial charge is 0.234 e. The lowest BCUT2D eigenvalue weighted by molar-refractivity contribution is -0.121. The van der Waals surface area contributed by atoms with Gasteiger partial charge in [-0.15, -0.1) is 10.2 Å². The molecule has 0 aliphatic rings. The van der Waals surface area contributed by atoms with E-state index in [-0.39, 0.29) is 10.9 Å². The minimum atomic E-state index is -0.610. The third-order valence-corrected chi connectivity index (χ3v) is 3.37. The third kappa shape index (κ3) is 3.85. The zero-order valence-corrected chi connectivity index (χ0v) is 12.5. The van der Waals surface area contributed by atoms with Gasteiger partial charge in [-0.3, -0.25) is 4.79 Å². The lowest BCUT2D eigenvalue weighted by atomic mass is 9.98. The lowest BCUT2D eigenvalue weighted by Crippen LogP contribution is -2.37. The Morgan fingerprint density at radius 2 is 2.14 bits per heavy atom. The monoisotopic (exact) mass is 303 g/mol. The maximum Gasteiger partial charge on any atom is 0.234 e. The summed E-state index contributed by atoms with van der Waals surface area (Å²) in [5.41, 5.74) is 6.50. The zero-order chi connectivity index (χ0) is 15.2. The summed E-state index contributed by atoms with van der Waals surface area (Å²) in [7, 11) is 1.86. The van der Waals surface area contributed by atoms with Gasteiger partial charge in [-0.05, 0) is 5.56 Å². The number of benzene rings is 1. The maximum absolute atomic E-state index is 12.3. The van der Waals surface area contributed by atoms with Crippen molar-refractivity contribution in [2.45, 2.75) is 12.3 Å². The fraction of sp³-hybridized carbons (Fsp3) is 0.286. The van der Waals surface area contributed by atoms with Crippen molar-refractivity contribution >= 4 is 23.1 Å². The first-order valence-electron chi connectivity index (χ1n) is 6.54. The van der Waals surface area contributed by atoms with Crippen molar-refractivity contribution in [2.75, 3.05) is 6.54 Å². The number of nitrogens with one attached hydrogen (secondary N) is 1. The van der Waals surface area contributed by atoms with Crippen molar-refractivity contribution < 1.29 is 4.79 Å². The standard InChI is InChI=1S/C14H17N5OS/c1-19-9-17-18-11(19)7-8-16-14(20)12(13(15)21)10-5-3-2-4-6-10/h2-6,9,12H,7-8H2,1H3,(H2,15,21)(H,16,20). The third-order valence-electron chi connectivity index (χ3n) is 3.13. The molecule has 0 fully saturated rings. The number of nitrogens with zero attached hydrogens (tertiary/aromatic N) is 3. The van der Waals surface area contributed by atoms with Crippen LogP contribution in [0.4, 0.5) is 0 Å². The average molecular weight is 303 g/mol. The highest BCUT2D eigenvalue weighted by Crippen LogP contribution is 2.16. The van der Waals surface area contributed by atoms with Gasteiger partial charge in [0.15, 0.2) is 0 Å². The molecular formula is C14H17N5OS. The number of rotatable bonds is 6. The summed E-state index contributed by atoms with van der Waals surface area (Å²) in [6.45, 7) is 0.456. The van der Waals surface area contributed by atoms with Crippen molar-refractivity contribution in [3.05, 3.63) is 48.0 Å². The number of carbonyl (C=O) groups excluding carboxylic acids is 1. The van der Waals surface area contributed by atoms with Crippen LogP contribution < -0.4 is 11.1 Å². The molecule has 1 unspecified atom stereocenters. The van der Waals surface area contributed by atoms with E-state index in [9.17, 15) is 4.79 Å². The topological polar surface area (TPSA) is 85.8 Å². The van der Waals surface area contributed by atoms with Crippen LogP contribution in [0.3, 0.4) is 0 Å². The molecule has 0 saturated heterocycles. The number of hydrogen-bond donors (Lipinski definition) is 2. The first kappa shape index (κ1) is 15.1. The van der Waals surface area contributed by atoms with Crippen LogP contribution in [-0.4, -0.2) is 32.2 Å². The number of carbonyl (C=O) groups is 1. The molecule has 6 nitrogen and oxygen atoms in total. The van der Waals surface area contributed by atoms with Crippen LogP contribution in [0.1, 0.15) is 17.3 Å². The van der Waals surface area contributed by atoms with Gasteiger partial charge in [-0.1, -0.05) is 42.5 Å². The molecule has 0 radical (unpaired) electrons. The molecule has 1 heterocycles. The van der Waals surface area contributed by atoms with E-state index in [1.807, 2.05) is 41.9 Å². The minimum absolute atomic E-state index is 0.164. The Bertz CT molecular complexity index is 625. The number of nitrogens with two attached hydrogens (primary N) is 1. The van der Waals surface area contributed by atoms with Crippen LogP contribution in [0, 0.1) is 0 Å². The summed E-state index contributed by atoms with van der Waals surface area (Å²) in [6.07, 6.45) is 2.22. The number of aryl methyl sites for hydroxylation is 1. The van der Waals surface area contributed by atoms with Gasteiger partial charge < -0.3 is 15.6 Å². The van der Waals surface area contributed by atoms with E-state index in [4.69, 9.17) is 18.0 Å². The van der Waals surface area contributed by atoms with Gasteiger partial charge in [-0.25, -0.2) is 0 Å². The molecule has 110 valence electrons. The van der Waals surface area contributed by atoms with Crippen LogP contribution in [0.5, 0.6) is 0 Å². The Morgan fingerprint density at radius 3 is 2.71 bits per heavy atom. The van der Waals surface area contributed by atoms with Crippen molar-refractivity contribution in [2.24, 2.45) is 12.8 Å². The summed E-state index contributed by atoms with van der Waals surface area (Å²) in [4.78, 5) is 12.4. The van der Waals surface area contributed by atoms with Crippen molar-refractivity contribution in [1.82, 2.24) is 20.1 Å². The lowest BCUT2D eigenvalue weighted by Gasteiger charge is -2.15. The molecule has 0 saturated carbocycles. The molecule has 0 aliphatic carbocycles.